The third-order valence-electron chi connectivity index (χ3n) is 15.3. The van der Waals surface area contributed by atoms with Gasteiger partial charge in [-0.05, 0) is 103 Å². The van der Waals surface area contributed by atoms with Crippen LogP contribution < -0.4 is 0 Å². The molecule has 82 heavy (non-hydrogen) atoms. The van der Waals surface area contributed by atoms with Crippen molar-refractivity contribution in [1.82, 2.24) is 0 Å². The fraction of sp³-hybridized carbons (Fsp3) is 0.750. The van der Waals surface area contributed by atoms with Crippen LogP contribution in [-0.2, 0) is 28.6 Å². The molecule has 0 aromatic rings. The molecular formula is C76H132O6. The minimum Gasteiger partial charge on any atom is -0.462 e. The van der Waals surface area contributed by atoms with E-state index in [4.69, 9.17) is 14.2 Å². The zero-order valence-corrected chi connectivity index (χ0v) is 54.2. The summed E-state index contributed by atoms with van der Waals surface area (Å²) in [4.78, 5) is 38.4. The Labute approximate surface area is 508 Å². The number of carbonyl (C=O) groups is 3. The van der Waals surface area contributed by atoms with Crippen molar-refractivity contribution in [2.24, 2.45) is 0 Å². The molecule has 0 radical (unpaired) electrons. The van der Waals surface area contributed by atoms with Crippen molar-refractivity contribution >= 4 is 17.9 Å². The molecule has 472 valence electrons. The van der Waals surface area contributed by atoms with E-state index in [-0.39, 0.29) is 31.1 Å². The van der Waals surface area contributed by atoms with Crippen molar-refractivity contribution in [3.8, 4) is 0 Å². The molecule has 6 nitrogen and oxygen atoms in total. The molecule has 0 N–H and O–H groups in total. The number of ether oxygens (including phenoxy) is 3. The summed E-state index contributed by atoms with van der Waals surface area (Å²) in [5.41, 5.74) is 0. The number of allylic oxidation sites excluding steroid dienone is 16. The first kappa shape index (κ1) is 78.3. The normalized spacial score (nSPS) is 12.7. The molecule has 0 aromatic carbocycles. The predicted octanol–water partition coefficient (Wildman–Crippen LogP) is 24.4. The van der Waals surface area contributed by atoms with Crippen LogP contribution in [0.1, 0.15) is 348 Å². The fourth-order valence-corrected chi connectivity index (χ4v) is 10.1. The predicted molar refractivity (Wildman–Crippen MR) is 357 cm³/mol. The van der Waals surface area contributed by atoms with Crippen molar-refractivity contribution in [3.05, 3.63) is 97.2 Å². The van der Waals surface area contributed by atoms with Crippen molar-refractivity contribution in [2.75, 3.05) is 13.2 Å². The molecule has 6 heteroatoms. The van der Waals surface area contributed by atoms with E-state index < -0.39 is 6.10 Å². The van der Waals surface area contributed by atoms with Gasteiger partial charge < -0.3 is 14.2 Å². The maximum Gasteiger partial charge on any atom is 0.306 e. The average molecular weight is 1140 g/mol. The summed E-state index contributed by atoms with van der Waals surface area (Å²) in [6, 6.07) is 0. The Morgan fingerprint density at radius 1 is 0.256 bits per heavy atom. The van der Waals surface area contributed by atoms with E-state index in [1.165, 1.54) is 199 Å². The Balaban J connectivity index is 4.21. The molecule has 0 aliphatic rings. The highest BCUT2D eigenvalue weighted by molar-refractivity contribution is 5.71. The van der Waals surface area contributed by atoms with Crippen LogP contribution in [-0.4, -0.2) is 37.2 Å². The Kier molecular flexibility index (Phi) is 66.7. The third kappa shape index (κ3) is 67.1. The lowest BCUT2D eigenvalue weighted by atomic mass is 10.0. The second kappa shape index (κ2) is 69.8. The number of hydrogen-bond donors (Lipinski definition) is 0. The van der Waals surface area contributed by atoms with Crippen LogP contribution in [0.5, 0.6) is 0 Å². The van der Waals surface area contributed by atoms with E-state index in [0.29, 0.717) is 19.3 Å². The summed E-state index contributed by atoms with van der Waals surface area (Å²) < 4.78 is 17.0. The molecule has 0 fully saturated rings. The van der Waals surface area contributed by atoms with Crippen molar-refractivity contribution < 1.29 is 28.6 Å². The zero-order valence-electron chi connectivity index (χ0n) is 54.2. The molecule has 1 unspecified atom stereocenters. The van der Waals surface area contributed by atoms with Crippen LogP contribution in [0.3, 0.4) is 0 Å². The highest BCUT2D eigenvalue weighted by atomic mass is 16.6. The second-order valence-electron chi connectivity index (χ2n) is 23.4. The zero-order chi connectivity index (χ0) is 59.2. The average Bonchev–Trinajstić information content (AvgIpc) is 3.47. The van der Waals surface area contributed by atoms with Gasteiger partial charge in [0.25, 0.3) is 0 Å². The van der Waals surface area contributed by atoms with Gasteiger partial charge in [-0.1, -0.05) is 323 Å². The smallest absolute Gasteiger partial charge is 0.306 e. The SMILES string of the molecule is CC/C=C\C/C=C\C/C=C\C/C=C\C/C=C\C/C=C\CCCCCCCCCCCCCCCCC(=O)OCC(COC(=O)CCCCCCCCCCCCCCC)OC(=O)CCCCCCCCC/C=C\C/C=C\CCCCCC. The minimum atomic E-state index is -0.780. The Hall–Kier alpha value is -3.67. The van der Waals surface area contributed by atoms with E-state index in [1.54, 1.807) is 0 Å². The quantitative estimate of drug-likeness (QED) is 0.0261. The van der Waals surface area contributed by atoms with E-state index in [9.17, 15) is 14.4 Å². The van der Waals surface area contributed by atoms with Crippen LogP contribution >= 0.6 is 0 Å². The van der Waals surface area contributed by atoms with Crippen molar-refractivity contribution in [1.29, 1.82) is 0 Å². The van der Waals surface area contributed by atoms with Gasteiger partial charge in [-0.2, -0.15) is 0 Å². The highest BCUT2D eigenvalue weighted by Crippen LogP contribution is 2.17. The molecule has 0 rings (SSSR count). The lowest BCUT2D eigenvalue weighted by molar-refractivity contribution is -0.167. The Morgan fingerprint density at radius 2 is 0.476 bits per heavy atom. The molecule has 0 spiro atoms. The molecule has 0 heterocycles. The first-order valence-corrected chi connectivity index (χ1v) is 35.2. The monoisotopic (exact) mass is 1140 g/mol. The molecule has 0 saturated heterocycles. The molecule has 0 saturated carbocycles. The molecule has 0 aromatic heterocycles. The van der Waals surface area contributed by atoms with E-state index in [2.05, 4.69) is 118 Å². The lowest BCUT2D eigenvalue weighted by Crippen LogP contribution is -2.30. The van der Waals surface area contributed by atoms with Crippen LogP contribution in [0.15, 0.2) is 97.2 Å². The number of carbonyl (C=O) groups excluding carboxylic acids is 3. The van der Waals surface area contributed by atoms with E-state index in [0.717, 1.165) is 109 Å². The number of rotatable bonds is 64. The minimum absolute atomic E-state index is 0.0758. The van der Waals surface area contributed by atoms with Gasteiger partial charge in [0.05, 0.1) is 0 Å². The maximum atomic E-state index is 12.9. The largest absolute Gasteiger partial charge is 0.462 e. The van der Waals surface area contributed by atoms with Gasteiger partial charge in [0, 0.05) is 19.3 Å². The summed E-state index contributed by atoms with van der Waals surface area (Å²) in [5, 5.41) is 0. The standard InChI is InChI=1S/C76H132O6/c1-4-7-10-13-16-19-22-25-27-29-31-32-33-34-35-36-37-38-39-40-41-42-43-44-45-47-48-51-54-57-60-63-66-69-75(78)81-72-73(71-80-74(77)68-65-62-59-56-53-50-24-21-18-15-12-9-6-3)82-76(79)70-67-64-61-58-55-52-49-46-30-28-26-23-20-17-14-11-8-5-2/h7,10,16,19-20,23,25,27-28,30-32,34-35,37-38,73H,4-6,8-9,11-15,17-18,21-22,24,26,29,33,36,39-72H2,1-3H3/b10-7-,19-16-,23-20-,27-25-,30-28-,32-31-,35-34-,38-37-. The maximum absolute atomic E-state index is 12.9. The Bertz CT molecular complexity index is 1590. The van der Waals surface area contributed by atoms with Gasteiger partial charge in [0.1, 0.15) is 13.2 Å². The summed E-state index contributed by atoms with van der Waals surface area (Å²) in [6.07, 6.45) is 94.3. The van der Waals surface area contributed by atoms with Crippen LogP contribution in [0, 0.1) is 0 Å². The van der Waals surface area contributed by atoms with Gasteiger partial charge in [-0.15, -0.1) is 0 Å². The first-order chi connectivity index (χ1) is 40.5. The molecule has 0 aliphatic heterocycles. The summed E-state index contributed by atoms with van der Waals surface area (Å²) in [7, 11) is 0. The topological polar surface area (TPSA) is 78.9 Å². The van der Waals surface area contributed by atoms with Crippen LogP contribution in [0.25, 0.3) is 0 Å². The second-order valence-corrected chi connectivity index (χ2v) is 23.4. The lowest BCUT2D eigenvalue weighted by Gasteiger charge is -2.18. The molecule has 0 aliphatic carbocycles. The molecule has 0 amide bonds. The highest BCUT2D eigenvalue weighted by Gasteiger charge is 2.19. The van der Waals surface area contributed by atoms with Crippen LogP contribution in [0.2, 0.25) is 0 Å². The number of esters is 3. The number of hydrogen-bond acceptors (Lipinski definition) is 6. The fourth-order valence-electron chi connectivity index (χ4n) is 10.1. The van der Waals surface area contributed by atoms with E-state index in [1.807, 2.05) is 0 Å². The molecular weight excluding hydrogens is 1010 g/mol. The van der Waals surface area contributed by atoms with Gasteiger partial charge in [0.15, 0.2) is 6.10 Å². The molecule has 1 atom stereocenters. The van der Waals surface area contributed by atoms with Gasteiger partial charge in [-0.3, -0.25) is 14.4 Å². The van der Waals surface area contributed by atoms with E-state index >= 15 is 0 Å². The number of unbranched alkanes of at least 4 members (excludes halogenated alkanes) is 37. The van der Waals surface area contributed by atoms with Crippen LogP contribution in [0.4, 0.5) is 0 Å². The van der Waals surface area contributed by atoms with Gasteiger partial charge in [0.2, 0.25) is 0 Å². The van der Waals surface area contributed by atoms with Gasteiger partial charge in [-0.25, -0.2) is 0 Å². The summed E-state index contributed by atoms with van der Waals surface area (Å²) in [5.74, 6) is -0.867. The molecule has 0 bridgehead atoms. The third-order valence-corrected chi connectivity index (χ3v) is 15.3. The Morgan fingerprint density at radius 3 is 0.756 bits per heavy atom. The van der Waals surface area contributed by atoms with Crippen molar-refractivity contribution in [3.63, 3.8) is 0 Å². The van der Waals surface area contributed by atoms with Gasteiger partial charge >= 0.3 is 17.9 Å². The summed E-state index contributed by atoms with van der Waals surface area (Å²) in [6.45, 7) is 6.54. The summed E-state index contributed by atoms with van der Waals surface area (Å²) >= 11 is 0. The first-order valence-electron chi connectivity index (χ1n) is 35.2. The van der Waals surface area contributed by atoms with Crippen molar-refractivity contribution in [2.45, 2.75) is 354 Å².